The molecule has 0 fully saturated rings. The van der Waals surface area contributed by atoms with Crippen LogP contribution in [0.1, 0.15) is 36.0 Å². The van der Waals surface area contributed by atoms with Crippen LogP contribution in [0.2, 0.25) is 0 Å². The summed E-state index contributed by atoms with van der Waals surface area (Å²) in [5.41, 5.74) is 3.09. The van der Waals surface area contributed by atoms with Crippen molar-refractivity contribution in [1.82, 2.24) is 0 Å². The first kappa shape index (κ1) is 12.9. The van der Waals surface area contributed by atoms with Crippen molar-refractivity contribution in [2.75, 3.05) is 0 Å². The van der Waals surface area contributed by atoms with Gasteiger partial charge in [0, 0.05) is 10.9 Å². The lowest BCUT2D eigenvalue weighted by atomic mass is 9.91. The highest BCUT2D eigenvalue weighted by Gasteiger charge is 2.16. The lowest BCUT2D eigenvalue weighted by Crippen LogP contribution is -2.04. The number of ketones is 1. The zero-order chi connectivity index (χ0) is 12.3. The van der Waals surface area contributed by atoms with Gasteiger partial charge in [0.2, 0.25) is 0 Å². The Hall–Kier alpha value is -1.14. The third-order valence-corrected chi connectivity index (χ3v) is 3.42. The van der Waals surface area contributed by atoms with Gasteiger partial charge >= 0.3 is 0 Å². The Kier molecular flexibility index (Phi) is 4.26. The van der Waals surface area contributed by atoms with E-state index < -0.39 is 0 Å². The summed E-state index contributed by atoms with van der Waals surface area (Å²) < 4.78 is 1.04. The molecule has 0 radical (unpaired) electrons. The van der Waals surface area contributed by atoms with Crippen molar-refractivity contribution in [3.8, 4) is 6.07 Å². The summed E-state index contributed by atoms with van der Waals surface area (Å²) in [4.78, 5) is 11.1. The van der Waals surface area contributed by atoms with Crippen molar-refractivity contribution >= 4 is 21.7 Å². The lowest BCUT2D eigenvalue weighted by Gasteiger charge is -2.13. The summed E-state index contributed by atoms with van der Waals surface area (Å²) in [5, 5.41) is 9.10. The maximum absolute atomic E-state index is 11.1. The molecule has 1 rings (SSSR count). The van der Waals surface area contributed by atoms with Crippen LogP contribution in [0.4, 0.5) is 0 Å². The normalized spacial score (nSPS) is 11.9. The fourth-order valence-electron chi connectivity index (χ4n) is 1.69. The molecule has 3 heteroatoms. The molecule has 0 saturated heterocycles. The van der Waals surface area contributed by atoms with Crippen LogP contribution in [0.5, 0.6) is 0 Å². The SMILES string of the molecule is CC(=O)CC(C#N)c1cc(C)c(Br)cc1C. The van der Waals surface area contributed by atoms with Gasteiger partial charge in [0.1, 0.15) is 5.78 Å². The highest BCUT2D eigenvalue weighted by molar-refractivity contribution is 9.10. The van der Waals surface area contributed by atoms with Crippen LogP contribution < -0.4 is 0 Å². The van der Waals surface area contributed by atoms with Crippen LogP contribution in [0.3, 0.4) is 0 Å². The number of benzene rings is 1. The van der Waals surface area contributed by atoms with Crippen LogP contribution in [0.15, 0.2) is 16.6 Å². The minimum absolute atomic E-state index is 0.0477. The largest absolute Gasteiger partial charge is 0.300 e. The Morgan fingerprint density at radius 3 is 2.56 bits per heavy atom. The second kappa shape index (κ2) is 5.27. The molecule has 0 aliphatic carbocycles. The van der Waals surface area contributed by atoms with Crippen molar-refractivity contribution < 1.29 is 4.79 Å². The number of aryl methyl sites for hydroxylation is 2. The maximum Gasteiger partial charge on any atom is 0.131 e. The van der Waals surface area contributed by atoms with Crippen LogP contribution >= 0.6 is 15.9 Å². The summed E-state index contributed by atoms with van der Waals surface area (Å²) in [6, 6.07) is 6.18. The van der Waals surface area contributed by atoms with E-state index in [1.54, 1.807) is 0 Å². The monoisotopic (exact) mass is 279 g/mol. The first-order valence-corrected chi connectivity index (χ1v) is 5.90. The van der Waals surface area contributed by atoms with Gasteiger partial charge in [-0.05, 0) is 43.5 Å². The number of halogens is 1. The van der Waals surface area contributed by atoms with Gasteiger partial charge in [-0.2, -0.15) is 5.26 Å². The summed E-state index contributed by atoms with van der Waals surface area (Å²) >= 11 is 3.45. The average molecular weight is 280 g/mol. The second-order valence-electron chi connectivity index (χ2n) is 4.05. The molecule has 0 N–H and O–H groups in total. The molecule has 0 spiro atoms. The number of hydrogen-bond acceptors (Lipinski definition) is 2. The lowest BCUT2D eigenvalue weighted by molar-refractivity contribution is -0.117. The molecule has 1 aromatic carbocycles. The van der Waals surface area contributed by atoms with Crippen LogP contribution in [-0.2, 0) is 4.79 Å². The third kappa shape index (κ3) is 2.93. The molecule has 1 aromatic rings. The summed E-state index contributed by atoms with van der Waals surface area (Å²) in [5.74, 6) is -0.282. The van der Waals surface area contributed by atoms with Gasteiger partial charge in [-0.1, -0.05) is 22.0 Å². The number of nitriles is 1. The molecule has 0 heterocycles. The number of hydrogen-bond donors (Lipinski definition) is 0. The fraction of sp³-hybridized carbons (Fsp3) is 0.385. The molecular weight excluding hydrogens is 266 g/mol. The van der Waals surface area contributed by atoms with Crippen LogP contribution in [0.25, 0.3) is 0 Å². The van der Waals surface area contributed by atoms with Crippen LogP contribution in [0, 0.1) is 25.2 Å². The van der Waals surface area contributed by atoms with Crippen molar-refractivity contribution in [3.63, 3.8) is 0 Å². The number of rotatable bonds is 3. The van der Waals surface area contributed by atoms with E-state index >= 15 is 0 Å². The van der Waals surface area contributed by atoms with Crippen molar-refractivity contribution in [1.29, 1.82) is 5.26 Å². The molecule has 1 unspecified atom stereocenters. The van der Waals surface area contributed by atoms with E-state index in [4.69, 9.17) is 5.26 Å². The van der Waals surface area contributed by atoms with Gasteiger partial charge in [0.25, 0.3) is 0 Å². The zero-order valence-electron chi connectivity index (χ0n) is 9.67. The van der Waals surface area contributed by atoms with Crippen molar-refractivity contribution in [2.24, 2.45) is 0 Å². The van der Waals surface area contributed by atoms with Crippen molar-refractivity contribution in [3.05, 3.63) is 33.3 Å². The predicted octanol–water partition coefficient (Wildman–Crippen LogP) is 3.65. The fourth-order valence-corrected chi connectivity index (χ4v) is 2.15. The number of carbonyl (C=O) groups is 1. The van der Waals surface area contributed by atoms with Crippen molar-refractivity contribution in [2.45, 2.75) is 33.1 Å². The molecule has 0 bridgehead atoms. The Bertz CT molecular complexity index is 460. The van der Waals surface area contributed by atoms with Gasteiger partial charge in [0.05, 0.1) is 12.0 Å². The van der Waals surface area contributed by atoms with E-state index in [0.29, 0.717) is 6.42 Å². The Morgan fingerprint density at radius 2 is 2.06 bits per heavy atom. The minimum Gasteiger partial charge on any atom is -0.300 e. The predicted molar refractivity (Wildman–Crippen MR) is 67.3 cm³/mol. The van der Waals surface area contributed by atoms with Gasteiger partial charge in [0.15, 0.2) is 0 Å². The molecule has 84 valence electrons. The van der Waals surface area contributed by atoms with E-state index in [2.05, 4.69) is 22.0 Å². The molecule has 0 aliphatic rings. The molecule has 2 nitrogen and oxygen atoms in total. The highest BCUT2D eigenvalue weighted by atomic mass is 79.9. The second-order valence-corrected chi connectivity index (χ2v) is 4.90. The molecule has 0 aliphatic heterocycles. The van der Waals surface area contributed by atoms with E-state index in [0.717, 1.165) is 21.2 Å². The highest BCUT2D eigenvalue weighted by Crippen LogP contribution is 2.28. The Morgan fingerprint density at radius 1 is 1.44 bits per heavy atom. The minimum atomic E-state index is -0.329. The topological polar surface area (TPSA) is 40.9 Å². The van der Waals surface area contributed by atoms with E-state index in [9.17, 15) is 4.79 Å². The third-order valence-electron chi connectivity index (χ3n) is 2.57. The van der Waals surface area contributed by atoms with E-state index in [-0.39, 0.29) is 11.7 Å². The van der Waals surface area contributed by atoms with Gasteiger partial charge in [-0.15, -0.1) is 0 Å². The maximum atomic E-state index is 11.1. The van der Waals surface area contributed by atoms with Gasteiger partial charge in [-0.25, -0.2) is 0 Å². The molecular formula is C13H14BrNO. The molecule has 1 atom stereocenters. The first-order valence-electron chi connectivity index (χ1n) is 5.11. The summed E-state index contributed by atoms with van der Waals surface area (Å²) in [7, 11) is 0. The number of carbonyl (C=O) groups excluding carboxylic acids is 1. The quantitative estimate of drug-likeness (QED) is 0.847. The van der Waals surface area contributed by atoms with E-state index in [1.165, 1.54) is 6.92 Å². The molecule has 0 saturated carbocycles. The Labute approximate surface area is 104 Å². The number of nitrogens with zero attached hydrogens (tertiary/aromatic N) is 1. The molecule has 0 amide bonds. The zero-order valence-corrected chi connectivity index (χ0v) is 11.3. The smallest absolute Gasteiger partial charge is 0.131 e. The summed E-state index contributed by atoms with van der Waals surface area (Å²) in [6.45, 7) is 5.46. The Balaban J connectivity index is 3.16. The first-order chi connectivity index (χ1) is 7.45. The van der Waals surface area contributed by atoms with Gasteiger partial charge < -0.3 is 0 Å². The molecule has 16 heavy (non-hydrogen) atoms. The van der Waals surface area contributed by atoms with E-state index in [1.807, 2.05) is 26.0 Å². The average Bonchev–Trinajstić information content (AvgIpc) is 2.20. The summed E-state index contributed by atoms with van der Waals surface area (Å²) in [6.07, 6.45) is 0.290. The number of Topliss-reactive ketones (excluding diaryl/α,β-unsaturated/α-hetero) is 1. The standard InChI is InChI=1S/C13H14BrNO/c1-8-5-13(14)9(2)4-12(8)11(7-15)6-10(3)16/h4-5,11H,6H2,1-3H3. The molecule has 0 aromatic heterocycles. The van der Waals surface area contributed by atoms with Crippen LogP contribution in [-0.4, -0.2) is 5.78 Å². The van der Waals surface area contributed by atoms with Gasteiger partial charge in [-0.3, -0.25) is 4.79 Å².